The van der Waals surface area contributed by atoms with E-state index < -0.39 is 11.6 Å². The molecule has 0 aliphatic heterocycles. The maximum Gasteiger partial charge on any atom is 0.247 e. The summed E-state index contributed by atoms with van der Waals surface area (Å²) in [6, 6.07) is 9.45. The number of nitrogens with zero attached hydrogens (tertiary/aromatic N) is 3. The van der Waals surface area contributed by atoms with Gasteiger partial charge in [0.25, 0.3) is 0 Å². The van der Waals surface area contributed by atoms with E-state index in [1.165, 1.54) is 12.3 Å². The van der Waals surface area contributed by atoms with Crippen molar-refractivity contribution in [3.05, 3.63) is 71.1 Å². The van der Waals surface area contributed by atoms with Gasteiger partial charge in [0.1, 0.15) is 17.3 Å². The van der Waals surface area contributed by atoms with E-state index in [9.17, 15) is 9.18 Å². The molecular formula is C18H16FN3O2. The van der Waals surface area contributed by atoms with E-state index in [2.05, 4.69) is 4.98 Å². The van der Waals surface area contributed by atoms with Crippen molar-refractivity contribution in [3.63, 3.8) is 0 Å². The summed E-state index contributed by atoms with van der Waals surface area (Å²) >= 11 is 0. The Hall–Kier alpha value is -3.20. The van der Waals surface area contributed by atoms with Gasteiger partial charge in [-0.2, -0.15) is 5.26 Å². The zero-order chi connectivity index (χ0) is 17.7. The smallest absolute Gasteiger partial charge is 0.247 e. The van der Waals surface area contributed by atoms with Crippen LogP contribution in [0.15, 0.2) is 48.5 Å². The normalized spacial score (nSPS) is 10.9. The quantitative estimate of drug-likeness (QED) is 0.480. The molecule has 1 aromatic carbocycles. The number of hydrogen-bond donors (Lipinski definition) is 0. The lowest BCUT2D eigenvalue weighted by molar-refractivity contribution is 0.0977. The van der Waals surface area contributed by atoms with Gasteiger partial charge in [-0.15, -0.1) is 0 Å². The number of allylic oxidation sites excluding steroid dienone is 1. The van der Waals surface area contributed by atoms with Gasteiger partial charge in [-0.25, -0.2) is 9.37 Å². The Morgan fingerprint density at radius 1 is 1.33 bits per heavy atom. The van der Waals surface area contributed by atoms with Crippen molar-refractivity contribution in [2.45, 2.75) is 6.92 Å². The number of rotatable bonds is 5. The minimum atomic E-state index is -0.525. The lowest BCUT2D eigenvalue weighted by atomic mass is 10.1. The summed E-state index contributed by atoms with van der Waals surface area (Å²) in [6.07, 6.45) is 2.48. The molecule has 1 heterocycles. The second-order valence-corrected chi connectivity index (χ2v) is 5.34. The van der Waals surface area contributed by atoms with Crippen molar-refractivity contribution in [2.75, 3.05) is 14.1 Å². The molecular weight excluding hydrogens is 309 g/mol. The fourth-order valence-corrected chi connectivity index (χ4v) is 1.90. The van der Waals surface area contributed by atoms with Crippen LogP contribution in [0, 0.1) is 24.1 Å². The summed E-state index contributed by atoms with van der Waals surface area (Å²) in [5, 5.41) is 9.00. The molecule has 2 rings (SSSR count). The summed E-state index contributed by atoms with van der Waals surface area (Å²) in [6.45, 7) is 1.81. The summed E-state index contributed by atoms with van der Waals surface area (Å²) in [5.41, 5.74) is 1.27. The van der Waals surface area contributed by atoms with Crippen molar-refractivity contribution in [2.24, 2.45) is 0 Å². The predicted octanol–water partition coefficient (Wildman–Crippen LogP) is 3.07. The van der Waals surface area contributed by atoms with E-state index in [1.54, 1.807) is 37.2 Å². The highest BCUT2D eigenvalue weighted by Crippen LogP contribution is 2.23. The monoisotopic (exact) mass is 325 g/mol. The molecule has 0 amide bonds. The van der Waals surface area contributed by atoms with Crippen LogP contribution in [-0.2, 0) is 0 Å². The molecule has 0 saturated heterocycles. The number of aryl methyl sites for hydroxylation is 1. The van der Waals surface area contributed by atoms with Gasteiger partial charge in [-0.05, 0) is 36.8 Å². The number of carbonyl (C=O) groups excluding carboxylic acids is 1. The van der Waals surface area contributed by atoms with Gasteiger partial charge in [-0.3, -0.25) is 4.79 Å². The number of nitriles is 1. The molecule has 0 bridgehead atoms. The molecule has 0 atom stereocenters. The molecule has 122 valence electrons. The second-order valence-electron chi connectivity index (χ2n) is 5.34. The highest BCUT2D eigenvalue weighted by atomic mass is 19.1. The molecule has 6 heteroatoms. The Labute approximate surface area is 139 Å². The van der Waals surface area contributed by atoms with Gasteiger partial charge >= 0.3 is 0 Å². The van der Waals surface area contributed by atoms with Gasteiger partial charge in [0.2, 0.25) is 5.78 Å². The van der Waals surface area contributed by atoms with E-state index in [1.807, 2.05) is 13.0 Å². The number of halogens is 1. The fourth-order valence-electron chi connectivity index (χ4n) is 1.90. The molecule has 0 aliphatic rings. The van der Waals surface area contributed by atoms with E-state index in [4.69, 9.17) is 10.00 Å². The summed E-state index contributed by atoms with van der Waals surface area (Å²) in [4.78, 5) is 18.0. The Morgan fingerprint density at radius 2 is 2.08 bits per heavy atom. The number of pyridine rings is 1. The number of ketones is 1. The van der Waals surface area contributed by atoms with Crippen LogP contribution in [0.25, 0.3) is 0 Å². The molecule has 0 unspecified atom stereocenters. The van der Waals surface area contributed by atoms with Crippen LogP contribution in [0.3, 0.4) is 0 Å². The lowest BCUT2D eigenvalue weighted by Gasteiger charge is -2.14. The van der Waals surface area contributed by atoms with Crippen LogP contribution in [0.4, 0.5) is 4.39 Å². The first-order valence-electron chi connectivity index (χ1n) is 7.14. The first-order chi connectivity index (χ1) is 11.4. The van der Waals surface area contributed by atoms with E-state index >= 15 is 0 Å². The van der Waals surface area contributed by atoms with Crippen LogP contribution in [-0.4, -0.2) is 29.8 Å². The van der Waals surface area contributed by atoms with Crippen molar-refractivity contribution < 1.29 is 13.9 Å². The van der Waals surface area contributed by atoms with Crippen molar-refractivity contribution in [3.8, 4) is 11.8 Å². The third-order valence-corrected chi connectivity index (χ3v) is 3.10. The van der Waals surface area contributed by atoms with Crippen LogP contribution in [0.2, 0.25) is 0 Å². The van der Waals surface area contributed by atoms with E-state index in [0.717, 1.165) is 17.8 Å². The number of carbonyl (C=O) groups is 1. The molecule has 0 spiro atoms. The van der Waals surface area contributed by atoms with E-state index in [-0.39, 0.29) is 11.5 Å². The minimum absolute atomic E-state index is 0.0253. The largest absolute Gasteiger partial charge is 0.451 e. The number of Topliss-reactive ketones (excluding diaryl/α,β-unsaturated/α-hetero) is 1. The Balaban J connectivity index is 2.38. The maximum atomic E-state index is 13.0. The Morgan fingerprint density at radius 3 is 2.67 bits per heavy atom. The lowest BCUT2D eigenvalue weighted by Crippen LogP contribution is -2.16. The molecule has 1 aromatic heterocycles. The number of hydrogen-bond acceptors (Lipinski definition) is 5. The predicted molar refractivity (Wildman–Crippen MR) is 86.8 cm³/mol. The molecule has 0 radical (unpaired) electrons. The molecule has 0 aliphatic carbocycles. The highest BCUT2D eigenvalue weighted by Gasteiger charge is 2.18. The SMILES string of the molecule is Cc1ccc(C#N)cc1OC(=CN(C)C)C(=O)c1ccc(F)cn1. The molecule has 2 aromatic rings. The van der Waals surface area contributed by atoms with Crippen molar-refractivity contribution in [1.82, 2.24) is 9.88 Å². The summed E-state index contributed by atoms with van der Waals surface area (Å²) in [5.74, 6) is -0.580. The van der Waals surface area contributed by atoms with Crippen LogP contribution in [0.5, 0.6) is 5.75 Å². The molecule has 24 heavy (non-hydrogen) atoms. The van der Waals surface area contributed by atoms with Crippen LogP contribution < -0.4 is 4.74 Å². The number of aromatic nitrogens is 1. The second kappa shape index (κ2) is 7.38. The highest BCUT2D eigenvalue weighted by molar-refractivity contribution is 6.06. The first kappa shape index (κ1) is 17.2. The Bertz CT molecular complexity index is 821. The van der Waals surface area contributed by atoms with Crippen molar-refractivity contribution in [1.29, 1.82) is 5.26 Å². The van der Waals surface area contributed by atoms with Crippen molar-refractivity contribution >= 4 is 5.78 Å². The third-order valence-electron chi connectivity index (χ3n) is 3.10. The minimum Gasteiger partial charge on any atom is -0.451 e. The molecule has 5 nitrogen and oxygen atoms in total. The first-order valence-corrected chi connectivity index (χ1v) is 7.14. The standard InChI is InChI=1S/C18H16FN3O2/c1-12-4-5-13(9-20)8-16(12)24-17(11-22(2)3)18(23)15-7-6-14(19)10-21-15/h4-8,10-11H,1-3H3. The zero-order valence-electron chi connectivity index (χ0n) is 13.6. The van der Waals surface area contributed by atoms with Crippen LogP contribution in [0.1, 0.15) is 21.6 Å². The summed E-state index contributed by atoms with van der Waals surface area (Å²) < 4.78 is 18.7. The average Bonchev–Trinajstić information content (AvgIpc) is 2.55. The molecule has 0 saturated carbocycles. The average molecular weight is 325 g/mol. The van der Waals surface area contributed by atoms with Gasteiger partial charge in [0.15, 0.2) is 5.76 Å². The topological polar surface area (TPSA) is 66.2 Å². The third kappa shape index (κ3) is 4.17. The summed E-state index contributed by atoms with van der Waals surface area (Å²) in [7, 11) is 3.49. The zero-order valence-corrected chi connectivity index (χ0v) is 13.6. The van der Waals surface area contributed by atoms with Gasteiger partial charge < -0.3 is 9.64 Å². The number of ether oxygens (including phenoxy) is 1. The number of benzene rings is 1. The maximum absolute atomic E-state index is 13.0. The molecule has 0 fully saturated rings. The molecule has 0 N–H and O–H groups in total. The van der Waals surface area contributed by atoms with E-state index in [0.29, 0.717) is 11.3 Å². The van der Waals surface area contributed by atoms with Gasteiger partial charge in [0, 0.05) is 20.3 Å². The fraction of sp³-hybridized carbons (Fsp3) is 0.167. The van der Waals surface area contributed by atoms with Crippen LogP contribution >= 0.6 is 0 Å². The van der Waals surface area contributed by atoms with Gasteiger partial charge in [0.05, 0.1) is 17.8 Å². The van der Waals surface area contributed by atoms with Gasteiger partial charge in [-0.1, -0.05) is 6.07 Å². The Kier molecular flexibility index (Phi) is 5.27.